The van der Waals surface area contributed by atoms with Gasteiger partial charge in [-0.3, -0.25) is 9.38 Å². The number of rotatable bonds is 3. The smallest absolute Gasteiger partial charge is 0.174 e. The van der Waals surface area contributed by atoms with Crippen molar-refractivity contribution in [3.63, 3.8) is 0 Å². The largest absolute Gasteiger partial charge is 0.386 e. The van der Waals surface area contributed by atoms with Crippen molar-refractivity contribution >= 4 is 5.65 Å². The van der Waals surface area contributed by atoms with Gasteiger partial charge >= 0.3 is 0 Å². The Kier molecular flexibility index (Phi) is 4.00. The predicted molar refractivity (Wildman–Crippen MR) is 99.0 cm³/mol. The van der Waals surface area contributed by atoms with E-state index < -0.39 is 11.4 Å². The van der Waals surface area contributed by atoms with Crippen LogP contribution in [-0.2, 0) is 5.60 Å². The lowest BCUT2D eigenvalue weighted by Gasteiger charge is -2.18. The number of halogens is 2. The highest BCUT2D eigenvalue weighted by Crippen LogP contribution is 2.31. The van der Waals surface area contributed by atoms with Crippen LogP contribution in [0.15, 0.2) is 61.2 Å². The predicted octanol–water partition coefficient (Wildman–Crippen LogP) is 4.57. The summed E-state index contributed by atoms with van der Waals surface area (Å²) in [6, 6.07) is 9.73. The molecule has 0 spiro atoms. The molecule has 0 amide bonds. The van der Waals surface area contributed by atoms with Crippen LogP contribution in [0.2, 0.25) is 0 Å². The fraction of sp³-hybridized carbons (Fsp3) is 0.143. The summed E-state index contributed by atoms with van der Waals surface area (Å²) in [6.45, 7) is 3.04. The first kappa shape index (κ1) is 17.3. The summed E-state index contributed by atoms with van der Waals surface area (Å²) in [5.41, 5.74) is 1.33. The summed E-state index contributed by atoms with van der Waals surface area (Å²) >= 11 is 0. The maximum absolute atomic E-state index is 14.8. The highest BCUT2D eigenvalue weighted by atomic mass is 19.1. The fourth-order valence-electron chi connectivity index (χ4n) is 3.13. The molecule has 0 unspecified atom stereocenters. The van der Waals surface area contributed by atoms with E-state index in [1.165, 1.54) is 32.2 Å². The van der Waals surface area contributed by atoms with Gasteiger partial charge in [0.15, 0.2) is 11.5 Å². The van der Waals surface area contributed by atoms with Crippen molar-refractivity contribution in [1.82, 2.24) is 14.4 Å². The van der Waals surface area contributed by atoms with E-state index in [1.807, 2.05) is 0 Å². The zero-order valence-corrected chi connectivity index (χ0v) is 14.8. The van der Waals surface area contributed by atoms with Crippen molar-refractivity contribution in [2.24, 2.45) is 0 Å². The second-order valence-corrected chi connectivity index (χ2v) is 6.88. The monoisotopic (exact) mass is 365 g/mol. The molecule has 1 aromatic carbocycles. The molecular weight excluding hydrogens is 348 g/mol. The minimum atomic E-state index is -1.32. The summed E-state index contributed by atoms with van der Waals surface area (Å²) in [6.07, 6.45) is 6.40. The number of benzene rings is 1. The van der Waals surface area contributed by atoms with Crippen LogP contribution in [0.25, 0.3) is 28.0 Å². The molecular formula is C21H17F2N3O. The van der Waals surface area contributed by atoms with Gasteiger partial charge in [-0.2, -0.15) is 0 Å². The quantitative estimate of drug-likeness (QED) is 0.579. The van der Waals surface area contributed by atoms with Gasteiger partial charge in [0, 0.05) is 40.8 Å². The fourth-order valence-corrected chi connectivity index (χ4v) is 3.13. The molecule has 4 aromatic rings. The number of nitrogens with zero attached hydrogens (tertiary/aromatic N) is 3. The summed E-state index contributed by atoms with van der Waals surface area (Å²) in [7, 11) is 0. The standard InChI is InChI=1S/C21H17F2N3O/c1-21(2,27)16-7-9-26-18(12-25-20(26)19(16)23)13-5-6-17(22)15(10-13)14-4-3-8-24-11-14/h3-12,27H,1-2H3. The first-order chi connectivity index (χ1) is 12.9. The number of fused-ring (bicyclic) bond motifs is 1. The van der Waals surface area contributed by atoms with E-state index in [2.05, 4.69) is 9.97 Å². The third-order valence-corrected chi connectivity index (χ3v) is 4.51. The summed E-state index contributed by atoms with van der Waals surface area (Å²) in [4.78, 5) is 8.20. The highest BCUT2D eigenvalue weighted by molar-refractivity contribution is 5.73. The molecule has 27 heavy (non-hydrogen) atoms. The molecule has 0 aliphatic heterocycles. The zero-order chi connectivity index (χ0) is 19.2. The van der Waals surface area contributed by atoms with Gasteiger partial charge in [-0.15, -0.1) is 0 Å². The Bertz CT molecular complexity index is 1130. The van der Waals surface area contributed by atoms with Crippen LogP contribution in [0, 0.1) is 11.6 Å². The van der Waals surface area contributed by atoms with Crippen LogP contribution in [0.1, 0.15) is 19.4 Å². The normalized spacial score (nSPS) is 11.9. The second kappa shape index (κ2) is 6.25. The van der Waals surface area contributed by atoms with E-state index in [9.17, 15) is 13.9 Å². The molecule has 0 aliphatic rings. The molecule has 4 rings (SSSR count). The maximum Gasteiger partial charge on any atom is 0.174 e. The topological polar surface area (TPSA) is 50.4 Å². The van der Waals surface area contributed by atoms with E-state index in [-0.39, 0.29) is 17.0 Å². The van der Waals surface area contributed by atoms with Gasteiger partial charge in [0.05, 0.1) is 17.5 Å². The van der Waals surface area contributed by atoms with Gasteiger partial charge in [0.2, 0.25) is 0 Å². The number of aliphatic hydroxyl groups is 1. The van der Waals surface area contributed by atoms with Gasteiger partial charge < -0.3 is 5.11 Å². The molecule has 0 radical (unpaired) electrons. The lowest BCUT2D eigenvalue weighted by Crippen LogP contribution is -2.18. The summed E-state index contributed by atoms with van der Waals surface area (Å²) in [5.74, 6) is -0.943. The average Bonchev–Trinajstić information content (AvgIpc) is 3.07. The minimum Gasteiger partial charge on any atom is -0.386 e. The van der Waals surface area contributed by atoms with Crippen molar-refractivity contribution in [2.45, 2.75) is 19.4 Å². The maximum atomic E-state index is 14.8. The van der Waals surface area contributed by atoms with Crippen LogP contribution in [-0.4, -0.2) is 19.5 Å². The number of pyridine rings is 2. The molecule has 1 N–H and O–H groups in total. The van der Waals surface area contributed by atoms with Gasteiger partial charge in [0.25, 0.3) is 0 Å². The Labute approximate surface area is 154 Å². The van der Waals surface area contributed by atoms with E-state index >= 15 is 0 Å². The Hall–Kier alpha value is -3.12. The lowest BCUT2D eigenvalue weighted by molar-refractivity contribution is 0.0746. The molecule has 0 saturated heterocycles. The van der Waals surface area contributed by atoms with Gasteiger partial charge in [-0.25, -0.2) is 13.8 Å². The minimum absolute atomic E-state index is 0.108. The van der Waals surface area contributed by atoms with E-state index in [0.29, 0.717) is 22.4 Å². The molecule has 0 aliphatic carbocycles. The van der Waals surface area contributed by atoms with Crippen molar-refractivity contribution < 1.29 is 13.9 Å². The van der Waals surface area contributed by atoms with Crippen molar-refractivity contribution in [3.05, 3.63) is 78.4 Å². The Balaban J connectivity index is 1.88. The molecule has 3 heterocycles. The SMILES string of the molecule is CC(C)(O)c1ccn2c(-c3ccc(F)c(-c4cccnc4)c3)cnc2c1F. The van der Waals surface area contributed by atoms with E-state index in [4.69, 9.17) is 0 Å². The van der Waals surface area contributed by atoms with Gasteiger partial charge in [-0.1, -0.05) is 6.07 Å². The third-order valence-electron chi connectivity index (χ3n) is 4.51. The van der Waals surface area contributed by atoms with Crippen LogP contribution in [0.3, 0.4) is 0 Å². The average molecular weight is 365 g/mol. The number of imidazole rings is 1. The van der Waals surface area contributed by atoms with Crippen LogP contribution >= 0.6 is 0 Å². The van der Waals surface area contributed by atoms with Gasteiger partial charge in [0.1, 0.15) is 5.82 Å². The highest BCUT2D eigenvalue weighted by Gasteiger charge is 2.24. The zero-order valence-electron chi connectivity index (χ0n) is 14.8. The molecule has 0 bridgehead atoms. The molecule has 136 valence electrons. The number of hydrogen-bond donors (Lipinski definition) is 1. The Morgan fingerprint density at radius 3 is 2.56 bits per heavy atom. The van der Waals surface area contributed by atoms with Gasteiger partial charge in [-0.05, 0) is 44.2 Å². The van der Waals surface area contributed by atoms with E-state index in [1.54, 1.807) is 47.3 Å². The molecule has 0 fully saturated rings. The van der Waals surface area contributed by atoms with Crippen molar-refractivity contribution in [3.8, 4) is 22.4 Å². The molecule has 4 nitrogen and oxygen atoms in total. The third kappa shape index (κ3) is 2.98. The summed E-state index contributed by atoms with van der Waals surface area (Å²) < 4.78 is 30.7. The molecule has 6 heteroatoms. The summed E-state index contributed by atoms with van der Waals surface area (Å²) in [5, 5.41) is 10.1. The first-order valence-corrected chi connectivity index (χ1v) is 8.45. The number of hydrogen-bond acceptors (Lipinski definition) is 3. The Morgan fingerprint density at radius 2 is 1.85 bits per heavy atom. The molecule has 0 atom stereocenters. The second-order valence-electron chi connectivity index (χ2n) is 6.88. The lowest BCUT2D eigenvalue weighted by atomic mass is 9.99. The van der Waals surface area contributed by atoms with Crippen LogP contribution in [0.5, 0.6) is 0 Å². The van der Waals surface area contributed by atoms with Crippen molar-refractivity contribution in [2.75, 3.05) is 0 Å². The van der Waals surface area contributed by atoms with E-state index in [0.717, 1.165) is 0 Å². The molecule has 0 saturated carbocycles. The van der Waals surface area contributed by atoms with Crippen molar-refractivity contribution in [1.29, 1.82) is 0 Å². The molecule has 3 aromatic heterocycles. The Morgan fingerprint density at radius 1 is 1.04 bits per heavy atom. The van der Waals surface area contributed by atoms with Crippen LogP contribution < -0.4 is 0 Å². The number of aromatic nitrogens is 3. The van der Waals surface area contributed by atoms with Crippen LogP contribution in [0.4, 0.5) is 8.78 Å². The first-order valence-electron chi connectivity index (χ1n) is 8.45.